The molecule has 2 N–H and O–H groups in total. The second-order valence-corrected chi connectivity index (χ2v) is 6.59. The number of rotatable bonds is 4. The van der Waals surface area contributed by atoms with Gasteiger partial charge in [0.05, 0.1) is 29.5 Å². The van der Waals surface area contributed by atoms with Crippen LogP contribution in [0.5, 0.6) is 0 Å². The van der Waals surface area contributed by atoms with Crippen LogP contribution in [0.2, 0.25) is 0 Å². The Kier molecular flexibility index (Phi) is 5.20. The summed E-state index contributed by atoms with van der Waals surface area (Å²) in [5.74, 6) is -1.36. The number of nitrogens with one attached hydrogen (secondary N) is 1. The number of benzene rings is 1. The summed E-state index contributed by atoms with van der Waals surface area (Å²) in [6.07, 6.45) is 0.414. The molecule has 8 heteroatoms. The number of carboxylic acids is 1. The van der Waals surface area contributed by atoms with Gasteiger partial charge in [0, 0.05) is 27.2 Å². The molecule has 0 aliphatic carbocycles. The van der Waals surface area contributed by atoms with E-state index >= 15 is 0 Å². The zero-order chi connectivity index (χ0) is 18.8. The van der Waals surface area contributed by atoms with E-state index in [1.165, 1.54) is 12.0 Å². The molecule has 0 radical (unpaired) electrons. The van der Waals surface area contributed by atoms with Crippen molar-refractivity contribution >= 4 is 29.3 Å². The maximum absolute atomic E-state index is 12.5. The second kappa shape index (κ2) is 7.00. The van der Waals surface area contributed by atoms with E-state index in [1.807, 2.05) is 0 Å². The smallest absolute Gasteiger partial charge is 0.337 e. The highest BCUT2D eigenvalue weighted by molar-refractivity contribution is 5.97. The quantitative estimate of drug-likeness (QED) is 0.805. The molecule has 1 fully saturated rings. The minimum absolute atomic E-state index is 0.158. The summed E-state index contributed by atoms with van der Waals surface area (Å²) in [7, 11) is 4.90. The topological polar surface area (TPSA) is 99.2 Å². The molecule has 2 amide bonds. The van der Waals surface area contributed by atoms with Crippen LogP contribution in [-0.2, 0) is 9.53 Å². The number of likely N-dealkylation sites (tertiary alicyclic amines) is 1. The Hall–Kier alpha value is -2.77. The average molecular weight is 349 g/mol. The number of nitrogens with zero attached hydrogens (tertiary/aromatic N) is 2. The van der Waals surface area contributed by atoms with Gasteiger partial charge in [-0.25, -0.2) is 9.59 Å². The van der Waals surface area contributed by atoms with Crippen molar-refractivity contribution in [3.63, 3.8) is 0 Å². The van der Waals surface area contributed by atoms with Crippen molar-refractivity contribution in [3.8, 4) is 0 Å². The highest BCUT2D eigenvalue weighted by Crippen LogP contribution is 2.31. The summed E-state index contributed by atoms with van der Waals surface area (Å²) in [5, 5.41) is 12.1. The molecule has 0 spiro atoms. The van der Waals surface area contributed by atoms with Crippen molar-refractivity contribution in [3.05, 3.63) is 23.8 Å². The van der Waals surface area contributed by atoms with Crippen molar-refractivity contribution in [2.24, 2.45) is 5.41 Å². The van der Waals surface area contributed by atoms with Gasteiger partial charge < -0.3 is 25.0 Å². The highest BCUT2D eigenvalue weighted by Gasteiger charge is 2.42. The fraction of sp³-hybridized carbons (Fsp3) is 0.471. The number of anilines is 2. The number of amides is 2. The van der Waals surface area contributed by atoms with Crippen LogP contribution in [0.3, 0.4) is 0 Å². The van der Waals surface area contributed by atoms with Gasteiger partial charge in [-0.2, -0.15) is 0 Å². The standard InChI is InChI=1S/C17H23N3O5/c1-17(15(22)23)7-8-20(10-17)16(24)18-12-6-5-11(14(21)25-4)9-13(12)19(2)3/h5-6,9H,7-8,10H2,1-4H3,(H,18,24)(H,22,23). The number of urea groups is 1. The van der Waals surface area contributed by atoms with Crippen molar-refractivity contribution < 1.29 is 24.2 Å². The fourth-order valence-electron chi connectivity index (χ4n) is 2.76. The maximum Gasteiger partial charge on any atom is 0.337 e. The molecule has 1 aliphatic heterocycles. The zero-order valence-corrected chi connectivity index (χ0v) is 14.8. The summed E-state index contributed by atoms with van der Waals surface area (Å²) in [6, 6.07) is 4.47. The first-order valence-corrected chi connectivity index (χ1v) is 7.87. The highest BCUT2D eigenvalue weighted by atomic mass is 16.5. The number of hydrogen-bond donors (Lipinski definition) is 2. The van der Waals surface area contributed by atoms with Crippen LogP contribution < -0.4 is 10.2 Å². The molecule has 0 aromatic heterocycles. The third-order valence-corrected chi connectivity index (χ3v) is 4.42. The van der Waals surface area contributed by atoms with E-state index in [2.05, 4.69) is 5.32 Å². The Morgan fingerprint density at radius 3 is 2.52 bits per heavy atom. The van der Waals surface area contributed by atoms with Gasteiger partial charge in [0.25, 0.3) is 0 Å². The number of carbonyl (C=O) groups excluding carboxylic acids is 2. The number of carbonyl (C=O) groups is 3. The van der Waals surface area contributed by atoms with Gasteiger partial charge in [-0.05, 0) is 31.5 Å². The van der Waals surface area contributed by atoms with Crippen LogP contribution in [0.15, 0.2) is 18.2 Å². The van der Waals surface area contributed by atoms with Crippen molar-refractivity contribution in [2.75, 3.05) is 44.5 Å². The molecule has 1 aromatic rings. The van der Waals surface area contributed by atoms with Gasteiger partial charge in [-0.1, -0.05) is 0 Å². The molecule has 1 heterocycles. The van der Waals surface area contributed by atoms with Gasteiger partial charge >= 0.3 is 18.0 Å². The second-order valence-electron chi connectivity index (χ2n) is 6.59. The SMILES string of the molecule is COC(=O)c1ccc(NC(=O)N2CCC(C)(C(=O)O)C2)c(N(C)C)c1. The van der Waals surface area contributed by atoms with E-state index in [4.69, 9.17) is 4.74 Å². The number of esters is 1. The average Bonchev–Trinajstić information content (AvgIpc) is 2.98. The number of ether oxygens (including phenoxy) is 1. The lowest BCUT2D eigenvalue weighted by molar-refractivity contribution is -0.146. The van der Waals surface area contributed by atoms with Crippen molar-refractivity contribution in [1.82, 2.24) is 4.90 Å². The Bertz CT molecular complexity index is 704. The van der Waals surface area contributed by atoms with E-state index in [0.29, 0.717) is 29.9 Å². The molecule has 1 aromatic carbocycles. The molecule has 1 atom stereocenters. The van der Waals surface area contributed by atoms with E-state index in [-0.39, 0.29) is 12.6 Å². The number of carboxylic acid groups (broad SMARTS) is 1. The minimum atomic E-state index is -0.920. The first kappa shape index (κ1) is 18.6. The first-order valence-electron chi connectivity index (χ1n) is 7.87. The predicted molar refractivity (Wildman–Crippen MR) is 93.1 cm³/mol. The monoisotopic (exact) mass is 349 g/mol. The lowest BCUT2D eigenvalue weighted by Gasteiger charge is -2.23. The van der Waals surface area contributed by atoms with E-state index in [9.17, 15) is 19.5 Å². The normalized spacial score (nSPS) is 19.4. The third kappa shape index (κ3) is 3.84. The van der Waals surface area contributed by atoms with Crippen LogP contribution in [0.1, 0.15) is 23.7 Å². The summed E-state index contributed by atoms with van der Waals surface area (Å²) < 4.78 is 4.71. The Balaban J connectivity index is 2.18. The first-order chi connectivity index (χ1) is 11.7. The molecular weight excluding hydrogens is 326 g/mol. The van der Waals surface area contributed by atoms with Crippen LogP contribution in [-0.4, -0.2) is 62.3 Å². The molecular formula is C17H23N3O5. The minimum Gasteiger partial charge on any atom is -0.481 e. The number of hydrogen-bond acceptors (Lipinski definition) is 5. The molecule has 2 rings (SSSR count). The Morgan fingerprint density at radius 2 is 2.00 bits per heavy atom. The predicted octanol–water partition coefficient (Wildman–Crippen LogP) is 1.87. The summed E-state index contributed by atoms with van der Waals surface area (Å²) >= 11 is 0. The number of methoxy groups -OCH3 is 1. The summed E-state index contributed by atoms with van der Waals surface area (Å²) in [6.45, 7) is 2.18. The Labute approximate surface area is 146 Å². The lowest BCUT2D eigenvalue weighted by Crippen LogP contribution is -2.37. The molecule has 0 saturated carbocycles. The third-order valence-electron chi connectivity index (χ3n) is 4.42. The largest absolute Gasteiger partial charge is 0.481 e. The van der Waals surface area contributed by atoms with Gasteiger partial charge in [-0.15, -0.1) is 0 Å². The van der Waals surface area contributed by atoms with Gasteiger partial charge in [-0.3, -0.25) is 4.79 Å². The Morgan fingerprint density at radius 1 is 1.32 bits per heavy atom. The molecule has 25 heavy (non-hydrogen) atoms. The van der Waals surface area contributed by atoms with Crippen LogP contribution >= 0.6 is 0 Å². The molecule has 8 nitrogen and oxygen atoms in total. The molecule has 0 bridgehead atoms. The summed E-state index contributed by atoms with van der Waals surface area (Å²) in [4.78, 5) is 38.7. The maximum atomic E-state index is 12.5. The van der Waals surface area contributed by atoms with E-state index in [0.717, 1.165) is 0 Å². The van der Waals surface area contributed by atoms with E-state index < -0.39 is 17.4 Å². The zero-order valence-electron chi connectivity index (χ0n) is 14.8. The number of aliphatic carboxylic acids is 1. The van der Waals surface area contributed by atoms with Gasteiger partial charge in [0.2, 0.25) is 0 Å². The van der Waals surface area contributed by atoms with Crippen LogP contribution in [0, 0.1) is 5.41 Å². The van der Waals surface area contributed by atoms with Gasteiger partial charge in [0.1, 0.15) is 0 Å². The lowest BCUT2D eigenvalue weighted by atomic mass is 9.90. The van der Waals surface area contributed by atoms with Crippen molar-refractivity contribution in [1.29, 1.82) is 0 Å². The van der Waals surface area contributed by atoms with Gasteiger partial charge in [0.15, 0.2) is 0 Å². The molecule has 1 saturated heterocycles. The summed E-state index contributed by atoms with van der Waals surface area (Å²) in [5.41, 5.74) is 0.642. The molecule has 1 unspecified atom stereocenters. The molecule has 136 valence electrons. The van der Waals surface area contributed by atoms with Crippen LogP contribution in [0.4, 0.5) is 16.2 Å². The fourth-order valence-corrected chi connectivity index (χ4v) is 2.76. The van der Waals surface area contributed by atoms with Crippen molar-refractivity contribution in [2.45, 2.75) is 13.3 Å². The van der Waals surface area contributed by atoms with Crippen LogP contribution in [0.25, 0.3) is 0 Å². The molecule has 1 aliphatic rings. The van der Waals surface area contributed by atoms with E-state index in [1.54, 1.807) is 44.1 Å².